The van der Waals surface area contributed by atoms with Gasteiger partial charge in [0.2, 0.25) is 0 Å². The summed E-state index contributed by atoms with van der Waals surface area (Å²) in [6.07, 6.45) is 8.61. The van der Waals surface area contributed by atoms with Crippen LogP contribution < -0.4 is 0 Å². The molecule has 1 aliphatic carbocycles. The summed E-state index contributed by atoms with van der Waals surface area (Å²) >= 11 is 0. The minimum Gasteiger partial charge on any atom is -0.420 e. The first-order chi connectivity index (χ1) is 5.14. The van der Waals surface area contributed by atoms with Gasteiger partial charge in [-0.15, -0.1) is 31.2 Å². The zero-order chi connectivity index (χ0) is 8.32. The fourth-order valence-electron chi connectivity index (χ4n) is 1.10. The fraction of sp³-hybridized carbons (Fsp3) is 0.556. The summed E-state index contributed by atoms with van der Waals surface area (Å²) in [5.41, 5.74) is 1.34. The number of halogens is 2. The molecule has 0 aromatic heterocycles. The van der Waals surface area contributed by atoms with E-state index in [1.165, 1.54) is 5.57 Å². The molecule has 0 aromatic rings. The van der Waals surface area contributed by atoms with Crippen LogP contribution in [0.4, 0.5) is 0 Å². The molecule has 1 nitrogen and oxygen atoms in total. The molecule has 0 fully saturated rings. The van der Waals surface area contributed by atoms with Gasteiger partial charge in [0.05, 0.1) is 0 Å². The summed E-state index contributed by atoms with van der Waals surface area (Å²) in [6.45, 7) is 4.46. The minimum absolute atomic E-state index is 0. The number of hydrogen-bond donors (Lipinski definition) is 0. The fourth-order valence-corrected chi connectivity index (χ4v) is 2.41. The van der Waals surface area contributed by atoms with Gasteiger partial charge in [0.1, 0.15) is 0 Å². The van der Waals surface area contributed by atoms with Crippen molar-refractivity contribution in [3.05, 3.63) is 23.8 Å². The van der Waals surface area contributed by atoms with E-state index in [2.05, 4.69) is 31.3 Å². The molecule has 0 saturated heterocycles. The Morgan fingerprint density at radius 2 is 2.00 bits per heavy atom. The van der Waals surface area contributed by atoms with Gasteiger partial charge in [0.25, 0.3) is 0 Å². The van der Waals surface area contributed by atoms with Crippen LogP contribution in [0.2, 0.25) is 19.1 Å². The van der Waals surface area contributed by atoms with Crippen LogP contribution in [0.25, 0.3) is 0 Å². The molecule has 0 saturated carbocycles. The normalized spacial score (nSPS) is 13.5. The van der Waals surface area contributed by atoms with E-state index in [-0.39, 0.29) is 46.5 Å². The first kappa shape index (κ1) is 20.4. The molecule has 0 bridgehead atoms. The van der Waals surface area contributed by atoms with Crippen molar-refractivity contribution < 1.29 is 26.1 Å². The third kappa shape index (κ3) is 7.27. The quantitative estimate of drug-likeness (QED) is 0.571. The van der Waals surface area contributed by atoms with Crippen LogP contribution in [0.15, 0.2) is 17.7 Å². The van der Waals surface area contributed by atoms with Gasteiger partial charge in [-0.05, 0) is 19.1 Å². The monoisotopic (exact) mass is 287 g/mol. The first-order valence-electron chi connectivity index (χ1n) is 3.95. The Bertz CT molecular complexity index is 205. The van der Waals surface area contributed by atoms with Crippen molar-refractivity contribution in [1.82, 2.24) is 0 Å². The summed E-state index contributed by atoms with van der Waals surface area (Å²) in [7, 11) is 0.418. The predicted octanol–water partition coefficient (Wildman–Crippen LogP) is 3.37. The van der Waals surface area contributed by atoms with Crippen molar-refractivity contribution in [3.8, 4) is 0 Å². The molecule has 5 heteroatoms. The van der Waals surface area contributed by atoms with Crippen LogP contribution in [-0.4, -0.2) is 15.4 Å². The summed E-state index contributed by atoms with van der Waals surface area (Å²) < 4.78 is 5.44. The van der Waals surface area contributed by atoms with E-state index in [9.17, 15) is 0 Å². The molecular formula is C9H17Cl2OSiTi-. The zero-order valence-corrected chi connectivity index (χ0v) is 13.0. The average Bonchev–Trinajstić information content (AvgIpc) is 2.39. The van der Waals surface area contributed by atoms with Crippen molar-refractivity contribution in [1.29, 1.82) is 0 Å². The minimum atomic E-state index is -1.39. The van der Waals surface area contributed by atoms with E-state index in [1.54, 1.807) is 0 Å². The molecule has 1 aliphatic rings. The Hall–Kier alpha value is 0.951. The Morgan fingerprint density at radius 3 is 2.36 bits per heavy atom. The summed E-state index contributed by atoms with van der Waals surface area (Å²) in [5, 5.41) is 0. The molecule has 0 heterocycles. The number of rotatable bonds is 3. The van der Waals surface area contributed by atoms with Crippen molar-refractivity contribution in [2.24, 2.45) is 0 Å². The molecule has 0 spiro atoms. The van der Waals surface area contributed by atoms with Gasteiger partial charge in [-0.25, -0.2) is 11.6 Å². The van der Waals surface area contributed by atoms with Crippen LogP contribution >= 0.6 is 24.8 Å². The molecule has 0 aliphatic heterocycles. The molecule has 0 amide bonds. The molecule has 0 radical (unpaired) electrons. The van der Waals surface area contributed by atoms with E-state index < -0.39 is 8.32 Å². The van der Waals surface area contributed by atoms with Gasteiger partial charge < -0.3 is 4.43 Å². The largest absolute Gasteiger partial charge is 0.420 e. The second-order valence-corrected chi connectivity index (χ2v) is 7.73. The van der Waals surface area contributed by atoms with Gasteiger partial charge >= 0.3 is 0 Å². The van der Waals surface area contributed by atoms with E-state index in [4.69, 9.17) is 4.43 Å². The maximum absolute atomic E-state index is 5.44. The third-order valence-corrected chi connectivity index (χ3v) is 4.27. The molecule has 14 heavy (non-hydrogen) atoms. The van der Waals surface area contributed by atoms with Gasteiger partial charge in [-0.2, -0.15) is 6.08 Å². The molecule has 0 unspecified atom stereocenters. The van der Waals surface area contributed by atoms with Crippen LogP contribution in [-0.2, 0) is 26.1 Å². The van der Waals surface area contributed by atoms with Gasteiger partial charge in [0.15, 0.2) is 8.32 Å². The van der Waals surface area contributed by atoms with Gasteiger partial charge in [0, 0.05) is 28.8 Å². The Labute approximate surface area is 115 Å². The van der Waals surface area contributed by atoms with E-state index in [0.717, 1.165) is 12.5 Å². The van der Waals surface area contributed by atoms with Crippen LogP contribution in [0.1, 0.15) is 6.42 Å². The SMILES string of the molecule is CO[Si](C)(C)CC1=[C-]CC=C1.Cl.Cl.[Ti]. The van der Waals surface area contributed by atoms with Crippen LogP contribution in [0.3, 0.4) is 0 Å². The predicted molar refractivity (Wildman–Crippen MR) is 64.3 cm³/mol. The smallest absolute Gasteiger partial charge is 0.187 e. The second kappa shape index (κ2) is 9.20. The molecular weight excluding hydrogens is 271 g/mol. The maximum atomic E-state index is 5.44. The topological polar surface area (TPSA) is 9.23 Å². The molecule has 0 atom stereocenters. The average molecular weight is 288 g/mol. The summed E-state index contributed by atoms with van der Waals surface area (Å²) in [5.74, 6) is 0. The van der Waals surface area contributed by atoms with E-state index in [1.807, 2.05) is 7.11 Å². The molecule has 82 valence electrons. The summed E-state index contributed by atoms with van der Waals surface area (Å²) in [4.78, 5) is 0. The second-order valence-electron chi connectivity index (χ2n) is 3.45. The molecule has 0 aromatic carbocycles. The molecule has 0 N–H and O–H groups in total. The molecule has 1 rings (SSSR count). The standard InChI is InChI=1S/C9H15OSi.2ClH.Ti/c1-10-11(2,3)8-9-6-4-5-7-9;;;/h4,6H,5,8H2,1-3H3;2*1H;/q-1;;;. The van der Waals surface area contributed by atoms with Crippen LogP contribution in [0, 0.1) is 6.08 Å². The van der Waals surface area contributed by atoms with Gasteiger partial charge in [-0.1, -0.05) is 0 Å². The third-order valence-electron chi connectivity index (χ3n) is 1.93. The van der Waals surface area contributed by atoms with Crippen molar-refractivity contribution >= 4 is 33.1 Å². The van der Waals surface area contributed by atoms with Crippen molar-refractivity contribution in [2.75, 3.05) is 7.11 Å². The Balaban J connectivity index is -0.000000403. The van der Waals surface area contributed by atoms with Crippen molar-refractivity contribution in [2.45, 2.75) is 25.6 Å². The van der Waals surface area contributed by atoms with E-state index >= 15 is 0 Å². The van der Waals surface area contributed by atoms with Gasteiger partial charge in [-0.3, -0.25) is 6.08 Å². The number of allylic oxidation sites excluding steroid dienone is 4. The maximum Gasteiger partial charge on any atom is 0.187 e. The summed E-state index contributed by atoms with van der Waals surface area (Å²) in [6, 6.07) is 1.10. The zero-order valence-electron chi connectivity index (χ0n) is 8.79. The first-order valence-corrected chi connectivity index (χ1v) is 7.07. The van der Waals surface area contributed by atoms with Crippen LogP contribution in [0.5, 0.6) is 0 Å². The number of hydrogen-bond acceptors (Lipinski definition) is 1. The Morgan fingerprint density at radius 1 is 1.43 bits per heavy atom. The van der Waals surface area contributed by atoms with Crippen molar-refractivity contribution in [3.63, 3.8) is 0 Å². The van der Waals surface area contributed by atoms with E-state index in [0.29, 0.717) is 0 Å². The Kier molecular flexibility index (Phi) is 13.4.